The first kappa shape index (κ1) is 21.1. The molecule has 1 aliphatic heterocycles. The molecule has 1 aromatic carbocycles. The van der Waals surface area contributed by atoms with Gasteiger partial charge < -0.3 is 14.5 Å². The molecule has 31 heavy (non-hydrogen) atoms. The van der Waals surface area contributed by atoms with Crippen LogP contribution in [0.1, 0.15) is 13.8 Å². The number of piperazine rings is 1. The number of amides is 1. The highest BCUT2D eigenvalue weighted by atomic mass is 32.1. The Kier molecular flexibility index (Phi) is 5.82. The minimum Gasteiger partial charge on any atom is -0.497 e. The van der Waals surface area contributed by atoms with Crippen molar-refractivity contribution in [2.75, 3.05) is 38.2 Å². The average Bonchev–Trinajstić information content (AvgIpc) is 3.34. The molecule has 1 saturated heterocycles. The van der Waals surface area contributed by atoms with Crippen LogP contribution in [0.25, 0.3) is 10.6 Å². The summed E-state index contributed by atoms with van der Waals surface area (Å²) in [6.45, 7) is 6.16. The molecule has 1 amide bonds. The number of carbonyl (C=O) groups excluding carboxylic acids is 1. The second kappa shape index (κ2) is 8.55. The molecule has 0 spiro atoms. The topological polar surface area (TPSA) is 67.7 Å². The maximum absolute atomic E-state index is 13.4. The first-order valence-electron chi connectivity index (χ1n) is 10.2. The molecule has 2 aromatic heterocycles. The van der Waals surface area contributed by atoms with Gasteiger partial charge in [0.2, 0.25) is 5.91 Å². The summed E-state index contributed by atoms with van der Waals surface area (Å²) in [5, 5.41) is 6.49. The number of nitrogens with zero attached hydrogens (tertiary/aromatic N) is 4. The van der Waals surface area contributed by atoms with E-state index in [0.717, 1.165) is 29.4 Å². The Morgan fingerprint density at radius 2 is 1.74 bits per heavy atom. The molecule has 8 heteroatoms. The van der Waals surface area contributed by atoms with Gasteiger partial charge in [-0.3, -0.25) is 9.59 Å². The van der Waals surface area contributed by atoms with Gasteiger partial charge in [-0.05, 0) is 55.6 Å². The average molecular weight is 439 g/mol. The van der Waals surface area contributed by atoms with Crippen molar-refractivity contribution < 1.29 is 9.53 Å². The number of rotatable bonds is 5. The van der Waals surface area contributed by atoms with Gasteiger partial charge in [0.1, 0.15) is 17.0 Å². The number of carbonyl (C=O) groups is 1. The van der Waals surface area contributed by atoms with Gasteiger partial charge in [0, 0.05) is 37.9 Å². The predicted octanol–water partition coefficient (Wildman–Crippen LogP) is 3.06. The van der Waals surface area contributed by atoms with Crippen molar-refractivity contribution in [1.82, 2.24) is 14.7 Å². The highest BCUT2D eigenvalue weighted by Gasteiger charge is 2.37. The lowest BCUT2D eigenvalue weighted by Gasteiger charge is -2.39. The lowest BCUT2D eigenvalue weighted by molar-refractivity contribution is -0.140. The summed E-state index contributed by atoms with van der Waals surface area (Å²) in [5.74, 6) is 0.724. The monoisotopic (exact) mass is 438 g/mol. The highest BCUT2D eigenvalue weighted by molar-refractivity contribution is 7.13. The van der Waals surface area contributed by atoms with E-state index in [0.29, 0.717) is 18.8 Å². The van der Waals surface area contributed by atoms with Crippen LogP contribution in [-0.4, -0.2) is 53.9 Å². The van der Waals surface area contributed by atoms with Crippen molar-refractivity contribution in [2.24, 2.45) is 0 Å². The molecule has 1 aliphatic rings. The zero-order chi connectivity index (χ0) is 22.0. The normalized spacial score (nSPS) is 14.5. The van der Waals surface area contributed by atoms with E-state index in [9.17, 15) is 9.59 Å². The van der Waals surface area contributed by atoms with Gasteiger partial charge in [-0.15, -0.1) is 11.3 Å². The molecular weight excluding hydrogens is 412 g/mol. The van der Waals surface area contributed by atoms with Gasteiger partial charge >= 0.3 is 0 Å². The van der Waals surface area contributed by atoms with Crippen LogP contribution in [0.3, 0.4) is 0 Å². The Hall–Kier alpha value is -3.13. The molecule has 4 rings (SSSR count). The number of methoxy groups -OCH3 is 1. The van der Waals surface area contributed by atoms with E-state index in [2.05, 4.69) is 10.00 Å². The van der Waals surface area contributed by atoms with Crippen LogP contribution in [0.4, 0.5) is 5.69 Å². The maximum Gasteiger partial charge on any atom is 0.267 e. The molecule has 0 aliphatic carbocycles. The van der Waals surface area contributed by atoms with Gasteiger partial charge in [0.05, 0.1) is 12.0 Å². The van der Waals surface area contributed by atoms with Crippen LogP contribution < -0.4 is 15.2 Å². The SMILES string of the molecule is COc1ccc(N2CCN(C(=O)C(C)(C)n3nc(-c4cccs4)ccc3=O)CC2)cc1. The second-order valence-corrected chi connectivity index (χ2v) is 8.93. The molecule has 1 fully saturated rings. The summed E-state index contributed by atoms with van der Waals surface area (Å²) in [5.41, 5.74) is 0.441. The number of benzene rings is 1. The van der Waals surface area contributed by atoms with Crippen molar-refractivity contribution in [3.63, 3.8) is 0 Å². The summed E-state index contributed by atoms with van der Waals surface area (Å²) in [6.07, 6.45) is 0. The molecule has 3 heterocycles. The Bertz CT molecular complexity index is 1100. The Labute approximate surface area is 185 Å². The Morgan fingerprint density at radius 1 is 1.03 bits per heavy atom. The van der Waals surface area contributed by atoms with Crippen LogP contribution in [0.5, 0.6) is 5.75 Å². The van der Waals surface area contributed by atoms with E-state index in [1.54, 1.807) is 38.4 Å². The second-order valence-electron chi connectivity index (χ2n) is 7.98. The molecule has 0 atom stereocenters. The molecular formula is C23H26N4O3S. The zero-order valence-electron chi connectivity index (χ0n) is 17.9. The van der Waals surface area contributed by atoms with Crippen molar-refractivity contribution in [2.45, 2.75) is 19.4 Å². The summed E-state index contributed by atoms with van der Waals surface area (Å²) < 4.78 is 6.54. The van der Waals surface area contributed by atoms with E-state index in [1.165, 1.54) is 10.7 Å². The predicted molar refractivity (Wildman–Crippen MR) is 123 cm³/mol. The third-order valence-corrected chi connectivity index (χ3v) is 6.52. The van der Waals surface area contributed by atoms with E-state index in [4.69, 9.17) is 4.74 Å². The van der Waals surface area contributed by atoms with Crippen LogP contribution in [0.15, 0.2) is 58.7 Å². The molecule has 162 valence electrons. The third kappa shape index (κ3) is 4.20. The van der Waals surface area contributed by atoms with E-state index in [-0.39, 0.29) is 11.5 Å². The third-order valence-electron chi connectivity index (χ3n) is 5.63. The minimum atomic E-state index is -1.08. The number of hydrogen-bond acceptors (Lipinski definition) is 6. The summed E-state index contributed by atoms with van der Waals surface area (Å²) >= 11 is 1.55. The lowest BCUT2D eigenvalue weighted by Crippen LogP contribution is -2.56. The fourth-order valence-electron chi connectivity index (χ4n) is 3.81. The number of aromatic nitrogens is 2. The fourth-order valence-corrected chi connectivity index (χ4v) is 4.50. The molecule has 0 saturated carbocycles. The van der Waals surface area contributed by atoms with Crippen LogP contribution in [0, 0.1) is 0 Å². The highest BCUT2D eigenvalue weighted by Crippen LogP contribution is 2.25. The van der Waals surface area contributed by atoms with Crippen molar-refractivity contribution in [3.8, 4) is 16.3 Å². The minimum absolute atomic E-state index is 0.0974. The van der Waals surface area contributed by atoms with Gasteiger partial charge in [-0.2, -0.15) is 5.10 Å². The lowest BCUT2D eigenvalue weighted by atomic mass is 10.0. The van der Waals surface area contributed by atoms with Crippen LogP contribution in [-0.2, 0) is 10.3 Å². The first-order chi connectivity index (χ1) is 14.9. The molecule has 0 N–H and O–H groups in total. The standard InChI is InChI=1S/C23H26N4O3S/c1-23(2,27-21(28)11-10-19(24-27)20-5-4-16-31-20)22(29)26-14-12-25(13-15-26)17-6-8-18(30-3)9-7-17/h4-11,16H,12-15H2,1-3H3. The quantitative estimate of drug-likeness (QED) is 0.613. The summed E-state index contributed by atoms with van der Waals surface area (Å²) in [6, 6.07) is 15.0. The number of thiophene rings is 1. The van der Waals surface area contributed by atoms with Crippen LogP contribution in [0.2, 0.25) is 0 Å². The molecule has 7 nitrogen and oxygen atoms in total. The van der Waals surface area contributed by atoms with Gasteiger partial charge in [0.25, 0.3) is 5.56 Å². The number of ether oxygens (including phenoxy) is 1. The van der Waals surface area contributed by atoms with Gasteiger partial charge in [-0.1, -0.05) is 6.07 Å². The van der Waals surface area contributed by atoms with Crippen molar-refractivity contribution in [1.29, 1.82) is 0 Å². The fraction of sp³-hybridized carbons (Fsp3) is 0.348. The number of hydrogen-bond donors (Lipinski definition) is 0. The van der Waals surface area contributed by atoms with Crippen molar-refractivity contribution in [3.05, 3.63) is 64.3 Å². The maximum atomic E-state index is 13.4. The van der Waals surface area contributed by atoms with E-state index >= 15 is 0 Å². The molecule has 0 bridgehead atoms. The zero-order valence-corrected chi connectivity index (χ0v) is 18.8. The van der Waals surface area contributed by atoms with E-state index < -0.39 is 5.54 Å². The summed E-state index contributed by atoms with van der Waals surface area (Å²) in [4.78, 5) is 31.0. The first-order valence-corrected chi connectivity index (χ1v) is 11.1. The largest absolute Gasteiger partial charge is 0.497 e. The molecule has 0 unspecified atom stereocenters. The smallest absolute Gasteiger partial charge is 0.267 e. The van der Waals surface area contributed by atoms with Gasteiger partial charge in [-0.25, -0.2) is 4.68 Å². The molecule has 3 aromatic rings. The Balaban J connectivity index is 1.49. The van der Waals surface area contributed by atoms with Crippen molar-refractivity contribution >= 4 is 22.9 Å². The van der Waals surface area contributed by atoms with Crippen LogP contribution >= 0.6 is 11.3 Å². The Morgan fingerprint density at radius 3 is 2.35 bits per heavy atom. The van der Waals surface area contributed by atoms with Gasteiger partial charge in [0.15, 0.2) is 0 Å². The summed E-state index contributed by atoms with van der Waals surface area (Å²) in [7, 11) is 1.65. The number of anilines is 1. The van der Waals surface area contributed by atoms with E-state index in [1.807, 2.05) is 46.7 Å². The molecule has 0 radical (unpaired) electrons.